The Morgan fingerprint density at radius 1 is 1.20 bits per heavy atom. The number of fused-ring (bicyclic) bond motifs is 3. The van der Waals surface area contributed by atoms with Crippen LogP contribution in [0.3, 0.4) is 0 Å². The molecule has 1 aliphatic rings. The van der Waals surface area contributed by atoms with E-state index in [0.717, 1.165) is 24.1 Å². The Hall–Kier alpha value is -0.800. The van der Waals surface area contributed by atoms with Gasteiger partial charge in [-0.15, -0.1) is 0 Å². The monoisotopic (exact) mass is 264 g/mol. The fourth-order valence-electron chi connectivity index (χ4n) is 2.31. The maximum absolute atomic E-state index is 3.53. The van der Waals surface area contributed by atoms with Gasteiger partial charge in [0.1, 0.15) is 0 Å². The molecule has 1 aliphatic heterocycles. The first kappa shape index (κ1) is 9.43. The molecule has 0 N–H and O–H groups in total. The molecule has 0 bridgehead atoms. The first-order valence-corrected chi connectivity index (χ1v) is 5.99. The number of halogens is 1. The molecule has 2 aromatic rings. The van der Waals surface area contributed by atoms with Crippen LogP contribution in [0.1, 0.15) is 5.69 Å². The molecule has 1 aromatic heterocycles. The fraction of sp³-hybridized carbons (Fsp3) is 0.333. The Morgan fingerprint density at radius 2 is 2.07 bits per heavy atom. The Labute approximate surface area is 97.6 Å². The van der Waals surface area contributed by atoms with E-state index >= 15 is 0 Å². The molecule has 0 saturated carbocycles. The number of rotatable bonds is 0. The summed E-state index contributed by atoms with van der Waals surface area (Å²) in [7, 11) is 2.18. The normalized spacial score (nSPS) is 16.9. The van der Waals surface area contributed by atoms with Gasteiger partial charge in [0.2, 0.25) is 0 Å². The topological polar surface area (TPSA) is 8.17 Å². The average molecular weight is 265 g/mol. The molecular formula is C12H13BrN2. The molecule has 0 saturated heterocycles. The van der Waals surface area contributed by atoms with E-state index in [1.54, 1.807) is 0 Å². The van der Waals surface area contributed by atoms with Crippen molar-refractivity contribution in [3.8, 4) is 0 Å². The largest absolute Gasteiger partial charge is 0.342 e. The van der Waals surface area contributed by atoms with Crippen molar-refractivity contribution in [2.24, 2.45) is 0 Å². The van der Waals surface area contributed by atoms with E-state index < -0.39 is 0 Å². The van der Waals surface area contributed by atoms with Crippen LogP contribution in [-0.2, 0) is 13.1 Å². The summed E-state index contributed by atoms with van der Waals surface area (Å²) in [6, 6.07) is 8.81. The summed E-state index contributed by atoms with van der Waals surface area (Å²) in [6.45, 7) is 3.31. The zero-order valence-corrected chi connectivity index (χ0v) is 10.3. The number of hydrogen-bond donors (Lipinski definition) is 0. The van der Waals surface area contributed by atoms with Crippen molar-refractivity contribution < 1.29 is 0 Å². The highest BCUT2D eigenvalue weighted by Gasteiger charge is 2.15. The second-order valence-corrected chi connectivity index (χ2v) is 5.14. The van der Waals surface area contributed by atoms with Crippen molar-refractivity contribution in [1.82, 2.24) is 9.47 Å². The van der Waals surface area contributed by atoms with Gasteiger partial charge in [0.15, 0.2) is 0 Å². The highest BCUT2D eigenvalue weighted by atomic mass is 79.9. The summed E-state index contributed by atoms with van der Waals surface area (Å²) < 4.78 is 3.59. The first-order valence-electron chi connectivity index (χ1n) is 5.20. The van der Waals surface area contributed by atoms with E-state index in [1.165, 1.54) is 16.6 Å². The lowest BCUT2D eigenvalue weighted by Crippen LogP contribution is -2.29. The van der Waals surface area contributed by atoms with Crippen molar-refractivity contribution in [2.75, 3.05) is 13.6 Å². The van der Waals surface area contributed by atoms with Crippen LogP contribution in [-0.4, -0.2) is 23.1 Å². The zero-order valence-electron chi connectivity index (χ0n) is 8.70. The minimum atomic E-state index is 1.06. The molecule has 3 heteroatoms. The first-order chi connectivity index (χ1) is 7.24. The lowest BCUT2D eigenvalue weighted by atomic mass is 10.2. The minimum Gasteiger partial charge on any atom is -0.342 e. The van der Waals surface area contributed by atoms with Crippen LogP contribution in [0.2, 0.25) is 0 Å². The standard InChI is InChI=1S/C12H13BrN2/c1-14-4-5-15-11(8-14)6-9-2-3-10(13)7-12(9)15/h2-3,6-7H,4-5,8H2,1H3. The second kappa shape index (κ2) is 3.35. The van der Waals surface area contributed by atoms with Gasteiger partial charge in [0.05, 0.1) is 0 Å². The van der Waals surface area contributed by atoms with Gasteiger partial charge in [-0.3, -0.25) is 4.90 Å². The number of likely N-dealkylation sites (N-methyl/N-ethyl adjacent to an activating group) is 1. The Morgan fingerprint density at radius 3 is 2.93 bits per heavy atom. The molecule has 0 atom stereocenters. The van der Waals surface area contributed by atoms with E-state index in [4.69, 9.17) is 0 Å². The van der Waals surface area contributed by atoms with Gasteiger partial charge in [0, 0.05) is 35.3 Å². The van der Waals surface area contributed by atoms with Gasteiger partial charge >= 0.3 is 0 Å². The van der Waals surface area contributed by atoms with Gasteiger partial charge in [-0.2, -0.15) is 0 Å². The molecule has 0 spiro atoms. The summed E-state index contributed by atoms with van der Waals surface area (Å²) in [5, 5.41) is 1.35. The summed E-state index contributed by atoms with van der Waals surface area (Å²) in [4.78, 5) is 2.36. The molecule has 3 rings (SSSR count). The van der Waals surface area contributed by atoms with E-state index in [2.05, 4.69) is 56.7 Å². The molecule has 0 amide bonds. The molecular weight excluding hydrogens is 252 g/mol. The summed E-state index contributed by atoms with van der Waals surface area (Å²) in [5.74, 6) is 0. The smallest absolute Gasteiger partial charge is 0.0494 e. The van der Waals surface area contributed by atoms with E-state index in [9.17, 15) is 0 Å². The summed E-state index contributed by atoms with van der Waals surface area (Å²) in [6.07, 6.45) is 0. The predicted octanol–water partition coefficient (Wildman–Crippen LogP) is 2.85. The number of nitrogens with zero attached hydrogens (tertiary/aromatic N) is 2. The SMILES string of the molecule is CN1CCn2c(cc3ccc(Br)cc32)C1. The van der Waals surface area contributed by atoms with Crippen LogP contribution in [0.4, 0.5) is 0 Å². The highest BCUT2D eigenvalue weighted by Crippen LogP contribution is 2.26. The number of aromatic nitrogens is 1. The molecule has 0 fully saturated rings. The van der Waals surface area contributed by atoms with Crippen LogP contribution < -0.4 is 0 Å². The van der Waals surface area contributed by atoms with Gasteiger partial charge in [0.25, 0.3) is 0 Å². The Kier molecular flexibility index (Phi) is 2.11. The molecule has 1 aromatic carbocycles. The fourth-order valence-corrected chi connectivity index (χ4v) is 2.66. The third-order valence-corrected chi connectivity index (χ3v) is 3.58. The maximum Gasteiger partial charge on any atom is 0.0494 e. The second-order valence-electron chi connectivity index (χ2n) is 4.23. The summed E-state index contributed by atoms with van der Waals surface area (Å²) >= 11 is 3.53. The third-order valence-electron chi connectivity index (χ3n) is 3.09. The van der Waals surface area contributed by atoms with Gasteiger partial charge in [-0.1, -0.05) is 22.0 Å². The molecule has 2 heterocycles. The van der Waals surface area contributed by atoms with Crippen molar-refractivity contribution in [3.63, 3.8) is 0 Å². The molecule has 0 unspecified atom stereocenters. The van der Waals surface area contributed by atoms with Gasteiger partial charge in [-0.25, -0.2) is 0 Å². The average Bonchev–Trinajstić information content (AvgIpc) is 2.54. The molecule has 2 nitrogen and oxygen atoms in total. The molecule has 15 heavy (non-hydrogen) atoms. The van der Waals surface area contributed by atoms with Gasteiger partial charge < -0.3 is 4.57 Å². The van der Waals surface area contributed by atoms with E-state index in [0.29, 0.717) is 0 Å². The van der Waals surface area contributed by atoms with Crippen LogP contribution in [0.15, 0.2) is 28.7 Å². The van der Waals surface area contributed by atoms with Crippen LogP contribution in [0.5, 0.6) is 0 Å². The maximum atomic E-state index is 3.53. The van der Waals surface area contributed by atoms with Crippen molar-refractivity contribution in [3.05, 3.63) is 34.4 Å². The van der Waals surface area contributed by atoms with Crippen molar-refractivity contribution >= 4 is 26.8 Å². The van der Waals surface area contributed by atoms with Crippen LogP contribution in [0.25, 0.3) is 10.9 Å². The lowest BCUT2D eigenvalue weighted by Gasteiger charge is -2.25. The Bertz CT molecular complexity index is 516. The Balaban J connectivity index is 2.24. The van der Waals surface area contributed by atoms with Crippen molar-refractivity contribution in [1.29, 1.82) is 0 Å². The van der Waals surface area contributed by atoms with Crippen LogP contribution >= 0.6 is 15.9 Å². The lowest BCUT2D eigenvalue weighted by molar-refractivity contribution is 0.273. The summed E-state index contributed by atoms with van der Waals surface area (Å²) in [5.41, 5.74) is 2.78. The highest BCUT2D eigenvalue weighted by molar-refractivity contribution is 9.10. The van der Waals surface area contributed by atoms with E-state index in [-0.39, 0.29) is 0 Å². The third kappa shape index (κ3) is 1.50. The molecule has 0 aliphatic carbocycles. The van der Waals surface area contributed by atoms with Crippen molar-refractivity contribution in [2.45, 2.75) is 13.1 Å². The van der Waals surface area contributed by atoms with E-state index in [1.807, 2.05) is 0 Å². The van der Waals surface area contributed by atoms with Crippen LogP contribution in [0, 0.1) is 0 Å². The minimum absolute atomic E-state index is 1.06. The number of hydrogen-bond acceptors (Lipinski definition) is 1. The quantitative estimate of drug-likeness (QED) is 0.711. The molecule has 78 valence electrons. The molecule has 0 radical (unpaired) electrons. The predicted molar refractivity (Wildman–Crippen MR) is 66.0 cm³/mol. The zero-order chi connectivity index (χ0) is 10.4. The number of benzene rings is 1. The van der Waals surface area contributed by atoms with Gasteiger partial charge in [-0.05, 0) is 30.6 Å².